The molecule has 0 spiro atoms. The number of nitrogens with zero attached hydrogens (tertiary/aromatic N) is 1. The van der Waals surface area contributed by atoms with Gasteiger partial charge in [0, 0.05) is 36.5 Å². The van der Waals surface area contributed by atoms with E-state index in [0.717, 1.165) is 40.6 Å². The van der Waals surface area contributed by atoms with E-state index in [4.69, 9.17) is 14.6 Å². The van der Waals surface area contributed by atoms with Crippen molar-refractivity contribution in [2.45, 2.75) is 52.0 Å². The average molecular weight is 584 g/mol. The highest BCUT2D eigenvalue weighted by atomic mass is 16.5. The van der Waals surface area contributed by atoms with Crippen molar-refractivity contribution in [3.8, 4) is 11.5 Å². The SMILES string of the molecule is CCC(=O)c1ccccc1OCCCCOc1ccc(C=Cc2cccc3c2c(CC(=O)O)cn3CCCC(=O)O)cc1. The zero-order chi connectivity index (χ0) is 30.6. The number of hydrogen-bond acceptors (Lipinski definition) is 5. The molecule has 0 amide bonds. The lowest BCUT2D eigenvalue weighted by Gasteiger charge is -2.10. The van der Waals surface area contributed by atoms with E-state index in [1.165, 1.54) is 0 Å². The Bertz CT molecular complexity index is 1580. The van der Waals surface area contributed by atoms with Gasteiger partial charge in [-0.25, -0.2) is 0 Å². The standard InChI is InChI=1S/C35H37NO7/c1-2-31(37)29-10-3-4-12-32(29)43-22-6-5-21-42-28-18-15-25(16-19-28)14-17-26-9-7-11-30-35(26)27(23-34(40)41)24-36(30)20-8-13-33(38)39/h3-4,7,9-12,14-19,24H,2,5-6,8,13,20-23H2,1H3,(H,38,39)(H,40,41). The van der Waals surface area contributed by atoms with E-state index in [9.17, 15) is 19.5 Å². The Morgan fingerprint density at radius 3 is 2.28 bits per heavy atom. The number of rotatable bonds is 17. The van der Waals surface area contributed by atoms with Crippen LogP contribution in [0.5, 0.6) is 11.5 Å². The second kappa shape index (κ2) is 15.4. The maximum atomic E-state index is 12.1. The molecule has 0 saturated carbocycles. The molecule has 43 heavy (non-hydrogen) atoms. The molecule has 4 rings (SSSR count). The topological polar surface area (TPSA) is 115 Å². The molecule has 3 aromatic carbocycles. The molecule has 1 aromatic heterocycles. The van der Waals surface area contributed by atoms with Crippen LogP contribution >= 0.6 is 0 Å². The van der Waals surface area contributed by atoms with Gasteiger partial charge < -0.3 is 24.3 Å². The lowest BCUT2D eigenvalue weighted by molar-refractivity contribution is -0.137. The Kier molecular flexibility index (Phi) is 11.1. The van der Waals surface area contributed by atoms with Crippen molar-refractivity contribution in [3.05, 3.63) is 95.2 Å². The summed E-state index contributed by atoms with van der Waals surface area (Å²) in [5, 5.41) is 19.3. The number of Topliss-reactive ketones (excluding diaryl/α,β-unsaturated/α-hetero) is 1. The van der Waals surface area contributed by atoms with Crippen LogP contribution in [0.4, 0.5) is 0 Å². The van der Waals surface area contributed by atoms with Crippen LogP contribution in [0.3, 0.4) is 0 Å². The number of carbonyl (C=O) groups is 3. The maximum absolute atomic E-state index is 12.1. The minimum Gasteiger partial charge on any atom is -0.494 e. The predicted octanol–water partition coefficient (Wildman–Crippen LogP) is 7.13. The number of carbonyl (C=O) groups excluding carboxylic acids is 1. The molecule has 0 aliphatic carbocycles. The highest BCUT2D eigenvalue weighted by molar-refractivity contribution is 5.98. The third kappa shape index (κ3) is 8.82. The summed E-state index contributed by atoms with van der Waals surface area (Å²) in [4.78, 5) is 34.6. The van der Waals surface area contributed by atoms with Gasteiger partial charge in [0.1, 0.15) is 11.5 Å². The normalized spacial score (nSPS) is 11.2. The minimum absolute atomic E-state index is 0.0545. The van der Waals surface area contributed by atoms with Gasteiger partial charge in [-0.1, -0.05) is 55.5 Å². The highest BCUT2D eigenvalue weighted by Crippen LogP contribution is 2.28. The van der Waals surface area contributed by atoms with Gasteiger partial charge in [-0.05, 0) is 66.3 Å². The monoisotopic (exact) mass is 583 g/mol. The fourth-order valence-corrected chi connectivity index (χ4v) is 4.94. The summed E-state index contributed by atoms with van der Waals surface area (Å²) >= 11 is 0. The summed E-state index contributed by atoms with van der Waals surface area (Å²) in [5.41, 5.74) is 4.08. The second-order valence-electron chi connectivity index (χ2n) is 10.2. The lowest BCUT2D eigenvalue weighted by Crippen LogP contribution is -2.06. The number of carboxylic acids is 2. The van der Waals surface area contributed by atoms with E-state index in [1.807, 2.05) is 90.5 Å². The van der Waals surface area contributed by atoms with Gasteiger partial charge in [-0.15, -0.1) is 0 Å². The Morgan fingerprint density at radius 1 is 0.814 bits per heavy atom. The molecular formula is C35H37NO7. The molecule has 4 aromatic rings. The molecule has 0 radical (unpaired) electrons. The lowest BCUT2D eigenvalue weighted by atomic mass is 10.0. The number of hydrogen-bond donors (Lipinski definition) is 2. The molecule has 0 saturated heterocycles. The van der Waals surface area contributed by atoms with E-state index in [2.05, 4.69) is 0 Å². The Hall–Kier alpha value is -4.85. The molecule has 224 valence electrons. The summed E-state index contributed by atoms with van der Waals surface area (Å²) in [5.74, 6) is -0.305. The molecule has 8 heteroatoms. The van der Waals surface area contributed by atoms with E-state index in [1.54, 1.807) is 6.07 Å². The van der Waals surface area contributed by atoms with Crippen LogP contribution < -0.4 is 9.47 Å². The van der Waals surface area contributed by atoms with Crippen LogP contribution in [-0.4, -0.2) is 45.7 Å². The molecule has 2 N–H and O–H groups in total. The molecule has 0 unspecified atom stereocenters. The number of carboxylic acid groups (broad SMARTS) is 2. The molecule has 0 bridgehead atoms. The third-order valence-corrected chi connectivity index (χ3v) is 7.06. The molecule has 1 heterocycles. The number of ketones is 1. The summed E-state index contributed by atoms with van der Waals surface area (Å²) in [6, 6.07) is 20.9. The van der Waals surface area contributed by atoms with Crippen LogP contribution in [0.2, 0.25) is 0 Å². The number of para-hydroxylation sites is 1. The van der Waals surface area contributed by atoms with E-state index < -0.39 is 11.9 Å². The first-order valence-corrected chi connectivity index (χ1v) is 14.6. The zero-order valence-corrected chi connectivity index (χ0v) is 24.3. The number of aryl methyl sites for hydroxylation is 1. The van der Waals surface area contributed by atoms with Crippen LogP contribution in [0.15, 0.2) is 72.9 Å². The van der Waals surface area contributed by atoms with Crippen molar-refractivity contribution in [2.75, 3.05) is 13.2 Å². The minimum atomic E-state index is -0.916. The van der Waals surface area contributed by atoms with Crippen molar-refractivity contribution in [1.29, 1.82) is 0 Å². The zero-order valence-electron chi connectivity index (χ0n) is 24.3. The first kappa shape index (κ1) is 31.1. The van der Waals surface area contributed by atoms with Crippen LogP contribution in [-0.2, 0) is 22.6 Å². The predicted molar refractivity (Wildman–Crippen MR) is 167 cm³/mol. The Labute approximate surface area is 251 Å². The largest absolute Gasteiger partial charge is 0.494 e. The van der Waals surface area contributed by atoms with Gasteiger partial charge in [-0.2, -0.15) is 0 Å². The number of unbranched alkanes of at least 4 members (excludes halogenated alkanes) is 1. The fourth-order valence-electron chi connectivity index (χ4n) is 4.94. The first-order chi connectivity index (χ1) is 20.9. The van der Waals surface area contributed by atoms with E-state index in [0.29, 0.717) is 49.5 Å². The Morgan fingerprint density at radius 2 is 1.56 bits per heavy atom. The number of benzene rings is 3. The molecular weight excluding hydrogens is 546 g/mol. The first-order valence-electron chi connectivity index (χ1n) is 14.6. The smallest absolute Gasteiger partial charge is 0.307 e. The third-order valence-electron chi connectivity index (χ3n) is 7.06. The van der Waals surface area contributed by atoms with Crippen molar-refractivity contribution < 1.29 is 34.1 Å². The van der Waals surface area contributed by atoms with E-state index in [-0.39, 0.29) is 18.6 Å². The fraction of sp³-hybridized carbons (Fsp3) is 0.286. The summed E-state index contributed by atoms with van der Waals surface area (Å²) in [6.45, 7) is 3.39. The van der Waals surface area contributed by atoms with Crippen LogP contribution in [0.25, 0.3) is 23.1 Å². The number of aromatic nitrogens is 1. The quantitative estimate of drug-likeness (QED) is 0.0772. The summed E-state index contributed by atoms with van der Waals surface area (Å²) in [6.07, 6.45) is 8.22. The molecule has 0 aliphatic rings. The number of fused-ring (bicyclic) bond motifs is 1. The van der Waals surface area contributed by atoms with Gasteiger partial charge >= 0.3 is 11.9 Å². The van der Waals surface area contributed by atoms with Crippen molar-refractivity contribution in [1.82, 2.24) is 4.57 Å². The van der Waals surface area contributed by atoms with Crippen LogP contribution in [0, 0.1) is 0 Å². The van der Waals surface area contributed by atoms with Gasteiger partial charge in [0.15, 0.2) is 5.78 Å². The molecule has 0 aliphatic heterocycles. The van der Waals surface area contributed by atoms with E-state index >= 15 is 0 Å². The van der Waals surface area contributed by atoms with Gasteiger partial charge in [0.05, 0.1) is 25.2 Å². The molecule has 0 atom stereocenters. The Balaban J connectivity index is 1.32. The number of aliphatic carboxylic acids is 2. The second-order valence-corrected chi connectivity index (χ2v) is 10.2. The van der Waals surface area contributed by atoms with Crippen molar-refractivity contribution in [3.63, 3.8) is 0 Å². The van der Waals surface area contributed by atoms with Crippen molar-refractivity contribution in [2.24, 2.45) is 0 Å². The highest BCUT2D eigenvalue weighted by Gasteiger charge is 2.14. The molecule has 8 nitrogen and oxygen atoms in total. The summed E-state index contributed by atoms with van der Waals surface area (Å²) in [7, 11) is 0. The van der Waals surface area contributed by atoms with Crippen LogP contribution in [0.1, 0.15) is 66.1 Å². The van der Waals surface area contributed by atoms with Gasteiger partial charge in [0.25, 0.3) is 0 Å². The van der Waals surface area contributed by atoms with Gasteiger partial charge in [0.2, 0.25) is 0 Å². The molecule has 0 fully saturated rings. The summed E-state index contributed by atoms with van der Waals surface area (Å²) < 4.78 is 13.7. The number of ether oxygens (including phenoxy) is 2. The average Bonchev–Trinajstić information content (AvgIpc) is 3.35. The maximum Gasteiger partial charge on any atom is 0.307 e. The van der Waals surface area contributed by atoms with Crippen molar-refractivity contribution >= 4 is 40.8 Å². The van der Waals surface area contributed by atoms with Gasteiger partial charge in [-0.3, -0.25) is 14.4 Å².